The number of benzene rings is 1. The highest BCUT2D eigenvalue weighted by Crippen LogP contribution is 2.25. The number of rotatable bonds is 7. The number of H-pyrrole nitrogens is 1. The minimum atomic E-state index is 0.482. The molecule has 0 saturated carbocycles. The van der Waals surface area contributed by atoms with E-state index < -0.39 is 0 Å². The topological polar surface area (TPSA) is 69.2 Å². The van der Waals surface area contributed by atoms with E-state index in [0.29, 0.717) is 11.8 Å². The van der Waals surface area contributed by atoms with Crippen LogP contribution in [-0.4, -0.2) is 52.2 Å². The number of guanidine groups is 1. The fraction of sp³-hybridized carbons (Fsp3) is 0.591. The van der Waals surface area contributed by atoms with Crippen molar-refractivity contribution in [3.05, 3.63) is 47.5 Å². The Morgan fingerprint density at radius 3 is 2.61 bits per heavy atom. The van der Waals surface area contributed by atoms with Gasteiger partial charge in [0.05, 0.1) is 0 Å². The Bertz CT molecular complexity index is 712. The van der Waals surface area contributed by atoms with Crippen molar-refractivity contribution in [1.82, 2.24) is 25.4 Å². The van der Waals surface area contributed by atoms with Crippen LogP contribution in [0.15, 0.2) is 35.6 Å². The summed E-state index contributed by atoms with van der Waals surface area (Å²) in [6.45, 7) is 10.4. The van der Waals surface area contributed by atoms with Crippen molar-refractivity contribution in [1.29, 1.82) is 0 Å². The number of nitrogens with zero attached hydrogens (tertiary/aromatic N) is 4. The molecule has 3 rings (SSSR count). The number of hydrogen-bond acceptors (Lipinski definition) is 3. The van der Waals surface area contributed by atoms with Crippen LogP contribution >= 0.6 is 0 Å². The van der Waals surface area contributed by atoms with Crippen molar-refractivity contribution in [3.8, 4) is 0 Å². The van der Waals surface area contributed by atoms with Gasteiger partial charge in [-0.25, -0.2) is 4.98 Å². The maximum atomic E-state index is 4.88. The Morgan fingerprint density at radius 2 is 2.00 bits per heavy atom. The van der Waals surface area contributed by atoms with Gasteiger partial charge in [0.2, 0.25) is 0 Å². The molecule has 1 aliphatic rings. The fourth-order valence-electron chi connectivity index (χ4n) is 3.74. The summed E-state index contributed by atoms with van der Waals surface area (Å²) in [5.41, 5.74) is 2.81. The van der Waals surface area contributed by atoms with Gasteiger partial charge in [0.1, 0.15) is 12.2 Å². The SMILES string of the molecule is CCNC(=NCCCc1ccc(C(C)C)cc1)N1CCC(c2ncn[nH]2)CC1. The highest BCUT2D eigenvalue weighted by atomic mass is 15.3. The van der Waals surface area contributed by atoms with Crippen LogP contribution in [0.4, 0.5) is 0 Å². The lowest BCUT2D eigenvalue weighted by molar-refractivity contribution is 0.299. The molecule has 1 aromatic heterocycles. The van der Waals surface area contributed by atoms with Crippen molar-refractivity contribution in [2.75, 3.05) is 26.2 Å². The lowest BCUT2D eigenvalue weighted by Gasteiger charge is -2.33. The van der Waals surface area contributed by atoms with Gasteiger partial charge < -0.3 is 10.2 Å². The Morgan fingerprint density at radius 1 is 1.25 bits per heavy atom. The summed E-state index contributed by atoms with van der Waals surface area (Å²) in [7, 11) is 0. The summed E-state index contributed by atoms with van der Waals surface area (Å²) in [6.07, 6.45) is 5.92. The lowest BCUT2D eigenvalue weighted by Crippen LogP contribution is -2.45. The normalized spacial score (nSPS) is 16.0. The van der Waals surface area contributed by atoms with E-state index >= 15 is 0 Å². The molecule has 6 heteroatoms. The predicted octanol–water partition coefficient (Wildman–Crippen LogP) is 3.71. The van der Waals surface area contributed by atoms with Crippen LogP contribution in [0.2, 0.25) is 0 Å². The Balaban J connectivity index is 1.47. The van der Waals surface area contributed by atoms with E-state index in [4.69, 9.17) is 4.99 Å². The number of nitrogens with one attached hydrogen (secondary N) is 2. The van der Waals surface area contributed by atoms with Gasteiger partial charge in [-0.05, 0) is 49.7 Å². The zero-order valence-electron chi connectivity index (χ0n) is 17.5. The van der Waals surface area contributed by atoms with Gasteiger partial charge >= 0.3 is 0 Å². The average molecular weight is 383 g/mol. The molecule has 2 heterocycles. The van der Waals surface area contributed by atoms with Crippen LogP contribution in [0.3, 0.4) is 0 Å². The van der Waals surface area contributed by atoms with Gasteiger partial charge in [0, 0.05) is 32.1 Å². The first-order valence-corrected chi connectivity index (χ1v) is 10.6. The number of hydrogen-bond donors (Lipinski definition) is 2. The van der Waals surface area contributed by atoms with Gasteiger partial charge in [-0.15, -0.1) is 0 Å². The molecule has 1 saturated heterocycles. The first-order chi connectivity index (χ1) is 13.7. The summed E-state index contributed by atoms with van der Waals surface area (Å²) in [6, 6.07) is 9.04. The van der Waals surface area contributed by atoms with Crippen LogP contribution < -0.4 is 5.32 Å². The van der Waals surface area contributed by atoms with Gasteiger partial charge in [-0.1, -0.05) is 38.1 Å². The third-order valence-electron chi connectivity index (χ3n) is 5.48. The minimum Gasteiger partial charge on any atom is -0.357 e. The molecule has 152 valence electrons. The number of aromatic nitrogens is 3. The largest absolute Gasteiger partial charge is 0.357 e. The Kier molecular flexibility index (Phi) is 7.46. The molecule has 0 spiro atoms. The van der Waals surface area contributed by atoms with E-state index in [1.807, 2.05) is 0 Å². The van der Waals surface area contributed by atoms with E-state index in [-0.39, 0.29) is 0 Å². The monoisotopic (exact) mass is 382 g/mol. The zero-order valence-corrected chi connectivity index (χ0v) is 17.5. The standard InChI is InChI=1S/C22H34N6/c1-4-23-22(28-14-11-20(12-15-28)21-25-16-26-27-21)24-13-5-6-18-7-9-19(10-8-18)17(2)3/h7-10,16-17,20H,4-6,11-15H2,1-3H3,(H,23,24)(H,25,26,27). The fourth-order valence-corrected chi connectivity index (χ4v) is 3.74. The van der Waals surface area contributed by atoms with Crippen molar-refractivity contribution in [2.24, 2.45) is 4.99 Å². The highest BCUT2D eigenvalue weighted by Gasteiger charge is 2.24. The number of piperidine rings is 1. The highest BCUT2D eigenvalue weighted by molar-refractivity contribution is 5.80. The maximum Gasteiger partial charge on any atom is 0.193 e. The summed E-state index contributed by atoms with van der Waals surface area (Å²) < 4.78 is 0. The minimum absolute atomic E-state index is 0.482. The van der Waals surface area contributed by atoms with Gasteiger partial charge in [-0.2, -0.15) is 5.10 Å². The quantitative estimate of drug-likeness (QED) is 0.435. The van der Waals surface area contributed by atoms with Crippen molar-refractivity contribution < 1.29 is 0 Å². The molecule has 0 aliphatic carbocycles. The third-order valence-corrected chi connectivity index (χ3v) is 5.48. The molecule has 1 fully saturated rings. The molecule has 2 aromatic rings. The average Bonchev–Trinajstić information content (AvgIpc) is 3.26. The van der Waals surface area contributed by atoms with E-state index in [0.717, 1.165) is 63.6 Å². The molecule has 1 aliphatic heterocycles. The second-order valence-corrected chi connectivity index (χ2v) is 7.87. The smallest absolute Gasteiger partial charge is 0.193 e. The number of aryl methyl sites for hydroxylation is 1. The number of likely N-dealkylation sites (tertiary alicyclic amines) is 1. The molecule has 28 heavy (non-hydrogen) atoms. The number of aliphatic imine (C=N–C) groups is 1. The molecule has 6 nitrogen and oxygen atoms in total. The van der Waals surface area contributed by atoms with Crippen LogP contribution in [-0.2, 0) is 6.42 Å². The van der Waals surface area contributed by atoms with Crippen molar-refractivity contribution in [2.45, 2.75) is 58.3 Å². The molecular formula is C22H34N6. The summed E-state index contributed by atoms with van der Waals surface area (Å²) in [5.74, 6) is 3.14. The molecule has 0 unspecified atom stereocenters. The molecule has 1 aromatic carbocycles. The summed E-state index contributed by atoms with van der Waals surface area (Å²) >= 11 is 0. The lowest BCUT2D eigenvalue weighted by atomic mass is 9.96. The zero-order chi connectivity index (χ0) is 19.8. The van der Waals surface area contributed by atoms with Crippen LogP contribution in [0.25, 0.3) is 0 Å². The Labute approximate surface area is 168 Å². The van der Waals surface area contributed by atoms with Crippen LogP contribution in [0, 0.1) is 0 Å². The van der Waals surface area contributed by atoms with E-state index in [1.165, 1.54) is 11.1 Å². The third kappa shape index (κ3) is 5.57. The van der Waals surface area contributed by atoms with Crippen LogP contribution in [0.5, 0.6) is 0 Å². The second kappa shape index (κ2) is 10.2. The number of aromatic amines is 1. The molecule has 0 amide bonds. The predicted molar refractivity (Wildman–Crippen MR) is 115 cm³/mol. The van der Waals surface area contributed by atoms with E-state index in [9.17, 15) is 0 Å². The molecular weight excluding hydrogens is 348 g/mol. The van der Waals surface area contributed by atoms with Gasteiger partial charge in [0.15, 0.2) is 5.96 Å². The van der Waals surface area contributed by atoms with Gasteiger partial charge in [-0.3, -0.25) is 10.1 Å². The van der Waals surface area contributed by atoms with Crippen molar-refractivity contribution >= 4 is 5.96 Å². The van der Waals surface area contributed by atoms with Crippen LogP contribution in [0.1, 0.15) is 68.8 Å². The van der Waals surface area contributed by atoms with E-state index in [1.54, 1.807) is 6.33 Å². The molecule has 0 bridgehead atoms. The molecule has 0 atom stereocenters. The summed E-state index contributed by atoms with van der Waals surface area (Å²) in [5, 5.41) is 10.5. The summed E-state index contributed by atoms with van der Waals surface area (Å²) in [4.78, 5) is 11.6. The van der Waals surface area contributed by atoms with Crippen molar-refractivity contribution in [3.63, 3.8) is 0 Å². The van der Waals surface area contributed by atoms with Gasteiger partial charge in [0.25, 0.3) is 0 Å². The first-order valence-electron chi connectivity index (χ1n) is 10.6. The Hall–Kier alpha value is -2.37. The molecule has 0 radical (unpaired) electrons. The second-order valence-electron chi connectivity index (χ2n) is 7.87. The molecule has 2 N–H and O–H groups in total. The first kappa shape index (κ1) is 20.4. The van der Waals surface area contributed by atoms with E-state index in [2.05, 4.69) is 70.4 Å². The maximum absolute atomic E-state index is 4.88.